The zero-order valence-corrected chi connectivity index (χ0v) is 9.48. The van der Waals surface area contributed by atoms with Crippen LogP contribution in [0.15, 0.2) is 23.1 Å². The van der Waals surface area contributed by atoms with Crippen molar-refractivity contribution in [3.63, 3.8) is 0 Å². The maximum absolute atomic E-state index is 11.2. The molecule has 0 atom stereocenters. The molecule has 0 bridgehead atoms. The fraction of sp³-hybridized carbons (Fsp3) is 0.222. The number of halogens is 1. The van der Waals surface area contributed by atoms with Gasteiger partial charge in [-0.2, -0.15) is 0 Å². The summed E-state index contributed by atoms with van der Waals surface area (Å²) in [5, 5.41) is 9.73. The number of carbonyl (C=O) groups is 1. The van der Waals surface area contributed by atoms with E-state index in [9.17, 15) is 9.90 Å². The molecule has 0 aliphatic rings. The van der Waals surface area contributed by atoms with Gasteiger partial charge in [0.05, 0.1) is 5.33 Å². The van der Waals surface area contributed by atoms with Crippen LogP contribution in [0.25, 0.3) is 0 Å². The third kappa shape index (κ3) is 2.48. The summed E-state index contributed by atoms with van der Waals surface area (Å²) in [6, 6.07) is 4.96. The zero-order chi connectivity index (χ0) is 9.84. The van der Waals surface area contributed by atoms with Crippen LogP contribution in [0, 0.1) is 0 Å². The maximum atomic E-state index is 11.2. The molecule has 1 aromatic carbocycles. The summed E-state index contributed by atoms with van der Waals surface area (Å²) < 4.78 is 0. The highest BCUT2D eigenvalue weighted by Gasteiger charge is 2.06. The number of hydrogen-bond acceptors (Lipinski definition) is 3. The van der Waals surface area contributed by atoms with E-state index in [1.54, 1.807) is 12.1 Å². The number of thioether (sulfide) groups is 1. The van der Waals surface area contributed by atoms with E-state index < -0.39 is 0 Å². The third-order valence-electron chi connectivity index (χ3n) is 1.62. The Labute approximate surface area is 89.5 Å². The first kappa shape index (κ1) is 10.6. The van der Waals surface area contributed by atoms with Crippen molar-refractivity contribution >= 4 is 33.5 Å². The number of rotatable bonds is 3. The van der Waals surface area contributed by atoms with Crippen LogP contribution in [-0.2, 0) is 0 Å². The van der Waals surface area contributed by atoms with Gasteiger partial charge in [0, 0.05) is 10.5 Å². The molecule has 1 N–H and O–H groups in total. The lowest BCUT2D eigenvalue weighted by molar-refractivity contribution is 0.102. The Kier molecular flexibility index (Phi) is 3.81. The first-order valence-electron chi connectivity index (χ1n) is 3.65. The molecule has 0 saturated heterocycles. The van der Waals surface area contributed by atoms with Gasteiger partial charge in [-0.1, -0.05) is 15.9 Å². The van der Waals surface area contributed by atoms with Crippen LogP contribution in [0.5, 0.6) is 5.75 Å². The lowest BCUT2D eigenvalue weighted by Crippen LogP contribution is -1.99. The Balaban J connectivity index is 3.02. The van der Waals surface area contributed by atoms with Crippen molar-refractivity contribution in [3.05, 3.63) is 23.8 Å². The molecule has 1 rings (SSSR count). The summed E-state index contributed by atoms with van der Waals surface area (Å²) in [5.74, 6) is 0.141. The van der Waals surface area contributed by atoms with Gasteiger partial charge in [0.1, 0.15) is 5.75 Å². The number of aromatic hydroxyl groups is 1. The minimum atomic E-state index is -0.0250. The number of ketones is 1. The Morgan fingerprint density at radius 2 is 2.31 bits per heavy atom. The number of benzene rings is 1. The first-order chi connectivity index (χ1) is 6.19. The molecule has 70 valence electrons. The van der Waals surface area contributed by atoms with Gasteiger partial charge in [-0.25, -0.2) is 0 Å². The topological polar surface area (TPSA) is 37.3 Å². The molecule has 2 nitrogen and oxygen atoms in total. The van der Waals surface area contributed by atoms with Crippen LogP contribution in [0.4, 0.5) is 0 Å². The third-order valence-corrected chi connectivity index (χ3v) is 2.92. The maximum Gasteiger partial charge on any atom is 0.173 e. The van der Waals surface area contributed by atoms with E-state index in [4.69, 9.17) is 0 Å². The van der Waals surface area contributed by atoms with Crippen molar-refractivity contribution in [1.82, 2.24) is 0 Å². The molecule has 0 fully saturated rings. The second-order valence-corrected chi connectivity index (χ2v) is 3.85. The molecule has 0 aliphatic carbocycles. The van der Waals surface area contributed by atoms with Crippen LogP contribution in [0.1, 0.15) is 10.4 Å². The monoisotopic (exact) mass is 260 g/mol. The van der Waals surface area contributed by atoms with E-state index in [0.29, 0.717) is 5.56 Å². The molecule has 0 aromatic heterocycles. The second kappa shape index (κ2) is 4.67. The normalized spacial score (nSPS) is 10.0. The van der Waals surface area contributed by atoms with Gasteiger partial charge in [-0.15, -0.1) is 11.8 Å². The summed E-state index contributed by atoms with van der Waals surface area (Å²) in [6.07, 6.45) is 1.88. The Morgan fingerprint density at radius 1 is 1.62 bits per heavy atom. The quantitative estimate of drug-likeness (QED) is 0.516. The summed E-state index contributed by atoms with van der Waals surface area (Å²) in [7, 11) is 0. The second-order valence-electron chi connectivity index (χ2n) is 2.44. The van der Waals surface area contributed by atoms with E-state index in [0.717, 1.165) is 4.90 Å². The molecule has 0 heterocycles. The molecular formula is C9H9BrO2S. The summed E-state index contributed by atoms with van der Waals surface area (Å²) >= 11 is 4.53. The SMILES string of the molecule is CSc1ccc(C(=O)CBr)cc1O. The number of carbonyl (C=O) groups excluding carboxylic acids is 1. The summed E-state index contributed by atoms with van der Waals surface area (Å²) in [5.41, 5.74) is 0.534. The molecule has 0 saturated carbocycles. The van der Waals surface area contributed by atoms with Crippen LogP contribution < -0.4 is 0 Å². The number of hydrogen-bond donors (Lipinski definition) is 1. The van der Waals surface area contributed by atoms with Gasteiger partial charge < -0.3 is 5.11 Å². The van der Waals surface area contributed by atoms with Crippen molar-refractivity contribution in [2.45, 2.75) is 4.90 Å². The number of Topliss-reactive ketones (excluding diaryl/α,β-unsaturated/α-hetero) is 1. The largest absolute Gasteiger partial charge is 0.507 e. The van der Waals surface area contributed by atoms with Crippen molar-refractivity contribution in [2.24, 2.45) is 0 Å². The van der Waals surface area contributed by atoms with E-state index in [1.807, 2.05) is 6.26 Å². The fourth-order valence-corrected chi connectivity index (χ4v) is 1.74. The van der Waals surface area contributed by atoms with Crippen LogP contribution in [0.2, 0.25) is 0 Å². The molecule has 0 spiro atoms. The van der Waals surface area contributed by atoms with Gasteiger partial charge >= 0.3 is 0 Å². The predicted molar refractivity (Wildman–Crippen MR) is 58.0 cm³/mol. The number of phenolic OH excluding ortho intramolecular Hbond substituents is 1. The highest BCUT2D eigenvalue weighted by Crippen LogP contribution is 2.27. The molecular weight excluding hydrogens is 252 g/mol. The van der Waals surface area contributed by atoms with E-state index in [-0.39, 0.29) is 16.9 Å². The minimum Gasteiger partial charge on any atom is -0.507 e. The average molecular weight is 261 g/mol. The minimum absolute atomic E-state index is 0.0250. The van der Waals surface area contributed by atoms with Crippen LogP contribution >= 0.6 is 27.7 Å². The van der Waals surface area contributed by atoms with Crippen molar-refractivity contribution in [2.75, 3.05) is 11.6 Å². The molecule has 0 radical (unpaired) electrons. The number of phenols is 1. The van der Waals surface area contributed by atoms with Crippen molar-refractivity contribution < 1.29 is 9.90 Å². The first-order valence-corrected chi connectivity index (χ1v) is 6.00. The molecule has 0 unspecified atom stereocenters. The molecule has 4 heteroatoms. The Hall–Kier alpha value is -0.480. The van der Waals surface area contributed by atoms with E-state index in [1.165, 1.54) is 17.8 Å². The lowest BCUT2D eigenvalue weighted by Gasteiger charge is -2.02. The smallest absolute Gasteiger partial charge is 0.173 e. The van der Waals surface area contributed by atoms with E-state index >= 15 is 0 Å². The van der Waals surface area contributed by atoms with Crippen LogP contribution in [-0.4, -0.2) is 22.5 Å². The van der Waals surface area contributed by atoms with Crippen LogP contribution in [0.3, 0.4) is 0 Å². The Morgan fingerprint density at radius 3 is 2.77 bits per heavy atom. The van der Waals surface area contributed by atoms with Gasteiger partial charge in [0.2, 0.25) is 0 Å². The number of alkyl halides is 1. The highest BCUT2D eigenvalue weighted by atomic mass is 79.9. The van der Waals surface area contributed by atoms with Gasteiger partial charge in [-0.3, -0.25) is 4.79 Å². The van der Waals surface area contributed by atoms with Gasteiger partial charge in [0.15, 0.2) is 5.78 Å². The standard InChI is InChI=1S/C9H9BrO2S/c1-13-9-3-2-6(4-7(9)11)8(12)5-10/h2-4,11H,5H2,1H3. The average Bonchev–Trinajstić information content (AvgIpc) is 2.16. The Bertz CT molecular complexity index is 325. The van der Waals surface area contributed by atoms with Crippen molar-refractivity contribution in [1.29, 1.82) is 0 Å². The van der Waals surface area contributed by atoms with E-state index in [2.05, 4.69) is 15.9 Å². The fourth-order valence-electron chi connectivity index (χ4n) is 0.941. The predicted octanol–water partition coefficient (Wildman–Crippen LogP) is 2.69. The van der Waals surface area contributed by atoms with Gasteiger partial charge in [-0.05, 0) is 24.5 Å². The molecule has 1 aromatic rings. The zero-order valence-electron chi connectivity index (χ0n) is 7.08. The molecule has 0 aliphatic heterocycles. The molecule has 13 heavy (non-hydrogen) atoms. The highest BCUT2D eigenvalue weighted by molar-refractivity contribution is 9.09. The van der Waals surface area contributed by atoms with Gasteiger partial charge in [0.25, 0.3) is 0 Å². The lowest BCUT2D eigenvalue weighted by atomic mass is 10.1. The summed E-state index contributed by atoms with van der Waals surface area (Å²) in [6.45, 7) is 0. The molecule has 0 amide bonds. The summed E-state index contributed by atoms with van der Waals surface area (Å²) in [4.78, 5) is 12.0. The van der Waals surface area contributed by atoms with Crippen molar-refractivity contribution in [3.8, 4) is 5.75 Å².